The van der Waals surface area contributed by atoms with Crippen molar-refractivity contribution in [2.75, 3.05) is 6.61 Å². The molecule has 1 N–H and O–H groups in total. The quantitative estimate of drug-likeness (QED) is 0.636. The summed E-state index contributed by atoms with van der Waals surface area (Å²) in [5.41, 5.74) is -0.370. The van der Waals surface area contributed by atoms with Crippen molar-refractivity contribution in [3.63, 3.8) is 0 Å². The minimum Gasteiger partial charge on any atom is -0.390 e. The average Bonchev–Trinajstić information content (AvgIpc) is 2.73. The van der Waals surface area contributed by atoms with Gasteiger partial charge in [-0.2, -0.15) is 5.26 Å². The molecule has 0 aliphatic rings. The van der Waals surface area contributed by atoms with Crippen LogP contribution in [0.5, 0.6) is 5.88 Å². The Morgan fingerprint density at radius 2 is 2.09 bits per heavy atom. The molecule has 1 aromatic rings. The summed E-state index contributed by atoms with van der Waals surface area (Å²) < 4.78 is 12.4. The van der Waals surface area contributed by atoms with E-state index in [-0.39, 0.29) is 18.3 Å². The van der Waals surface area contributed by atoms with E-state index in [1.54, 1.807) is 0 Å². The van der Waals surface area contributed by atoms with Crippen LogP contribution >= 0.6 is 0 Å². The van der Waals surface area contributed by atoms with Crippen molar-refractivity contribution in [1.82, 2.24) is 14.9 Å². The average molecular weight is 338 g/mol. The molecule has 0 unspecified atom stereocenters. The fourth-order valence-electron chi connectivity index (χ4n) is 1.61. The van der Waals surface area contributed by atoms with E-state index in [1.807, 2.05) is 26.8 Å². The summed E-state index contributed by atoms with van der Waals surface area (Å²) in [7, 11) is -1.16. The van der Waals surface area contributed by atoms with E-state index < -0.39 is 19.7 Å². The molecule has 7 nitrogen and oxygen atoms in total. The summed E-state index contributed by atoms with van der Waals surface area (Å²) in [4.78, 5) is 15.8. The Kier molecular flexibility index (Phi) is 6.35. The van der Waals surface area contributed by atoms with Gasteiger partial charge in [0.05, 0.1) is 0 Å². The van der Waals surface area contributed by atoms with Gasteiger partial charge < -0.3 is 14.8 Å². The second-order valence-electron chi connectivity index (χ2n) is 7.59. The minimum atomic E-state index is -1.16. The van der Waals surface area contributed by atoms with Crippen LogP contribution in [0.3, 0.4) is 0 Å². The van der Waals surface area contributed by atoms with Crippen molar-refractivity contribution in [2.45, 2.75) is 58.7 Å². The molecule has 0 radical (unpaired) electrons. The van der Waals surface area contributed by atoms with Crippen LogP contribution < -0.4 is 10.1 Å². The van der Waals surface area contributed by atoms with Gasteiger partial charge in [0.2, 0.25) is 11.6 Å². The molecule has 1 heterocycles. The molecule has 128 valence electrons. The molecule has 0 aromatic carbocycles. The Balaban J connectivity index is 2.69. The second kappa shape index (κ2) is 7.61. The summed E-state index contributed by atoms with van der Waals surface area (Å²) in [6, 6.07) is 2.95. The van der Waals surface area contributed by atoms with E-state index in [1.165, 1.54) is 10.9 Å². The van der Waals surface area contributed by atoms with Crippen LogP contribution in [0.2, 0.25) is 25.7 Å². The molecule has 0 bridgehead atoms. The van der Waals surface area contributed by atoms with Crippen LogP contribution in [0, 0.1) is 11.3 Å². The zero-order valence-corrected chi connectivity index (χ0v) is 15.8. The first-order chi connectivity index (χ1) is 10.5. The van der Waals surface area contributed by atoms with Crippen LogP contribution in [0.25, 0.3) is 0 Å². The van der Waals surface area contributed by atoms with Crippen LogP contribution in [0.15, 0.2) is 6.33 Å². The van der Waals surface area contributed by atoms with E-state index in [2.05, 4.69) is 29.9 Å². The fourth-order valence-corrected chi connectivity index (χ4v) is 2.36. The summed E-state index contributed by atoms with van der Waals surface area (Å²) in [5.74, 6) is 0.0993. The van der Waals surface area contributed by atoms with Crippen molar-refractivity contribution in [3.05, 3.63) is 12.0 Å². The third-order valence-corrected chi connectivity index (χ3v) is 4.49. The van der Waals surface area contributed by atoms with Gasteiger partial charge in [-0.05, 0) is 26.8 Å². The summed E-state index contributed by atoms with van der Waals surface area (Å²) in [6.07, 6.45) is 0.810. The Bertz CT molecular complexity index is 579. The zero-order valence-electron chi connectivity index (χ0n) is 14.8. The number of imidazole rings is 1. The number of amides is 1. The van der Waals surface area contributed by atoms with E-state index >= 15 is 0 Å². The molecule has 0 atom stereocenters. The highest BCUT2D eigenvalue weighted by molar-refractivity contribution is 6.76. The van der Waals surface area contributed by atoms with Crippen LogP contribution in [-0.2, 0) is 11.5 Å². The third kappa shape index (κ3) is 7.30. The van der Waals surface area contributed by atoms with Gasteiger partial charge in [0.15, 0.2) is 0 Å². The van der Waals surface area contributed by atoms with E-state index in [0.29, 0.717) is 6.61 Å². The van der Waals surface area contributed by atoms with Gasteiger partial charge in [0.1, 0.15) is 19.1 Å². The number of carbonyl (C=O) groups is 1. The number of carbonyl (C=O) groups excluding carboxylic acids is 1. The minimum absolute atomic E-state index is 0.0582. The summed E-state index contributed by atoms with van der Waals surface area (Å²) in [6.45, 7) is 13.2. The van der Waals surface area contributed by atoms with Gasteiger partial charge in [-0.15, -0.1) is 0 Å². The first-order valence-corrected chi connectivity index (χ1v) is 11.3. The summed E-state index contributed by atoms with van der Waals surface area (Å²) >= 11 is 0. The Morgan fingerprint density at radius 3 is 2.61 bits per heavy atom. The highest BCUT2D eigenvalue weighted by atomic mass is 28.3. The smallest absolute Gasteiger partial charge is 0.390 e. The van der Waals surface area contributed by atoms with E-state index in [9.17, 15) is 4.79 Å². The molecule has 0 aliphatic carbocycles. The molecule has 23 heavy (non-hydrogen) atoms. The topological polar surface area (TPSA) is 89.2 Å². The lowest BCUT2D eigenvalue weighted by molar-refractivity contribution is 0.0813. The molecular weight excluding hydrogens is 312 g/mol. The number of ether oxygens (including phenoxy) is 2. The molecule has 0 saturated heterocycles. The van der Waals surface area contributed by atoms with E-state index in [0.717, 1.165) is 6.04 Å². The van der Waals surface area contributed by atoms with Crippen molar-refractivity contribution in [3.8, 4) is 11.9 Å². The lowest BCUT2D eigenvalue weighted by atomic mass is 10.1. The van der Waals surface area contributed by atoms with Gasteiger partial charge in [0.25, 0.3) is 0 Å². The van der Waals surface area contributed by atoms with Crippen molar-refractivity contribution in [1.29, 1.82) is 5.26 Å². The number of nitrogens with one attached hydrogen (secondary N) is 1. The van der Waals surface area contributed by atoms with Crippen LogP contribution in [-0.4, -0.2) is 35.9 Å². The van der Waals surface area contributed by atoms with Crippen molar-refractivity contribution >= 4 is 14.2 Å². The lowest BCUT2D eigenvalue weighted by Gasteiger charge is -2.20. The fraction of sp³-hybridized carbons (Fsp3) is 0.667. The van der Waals surface area contributed by atoms with Gasteiger partial charge >= 0.3 is 6.09 Å². The van der Waals surface area contributed by atoms with Gasteiger partial charge in [0, 0.05) is 20.2 Å². The maximum atomic E-state index is 11.9. The Morgan fingerprint density at radius 1 is 1.43 bits per heavy atom. The van der Waals surface area contributed by atoms with Gasteiger partial charge in [-0.3, -0.25) is 4.57 Å². The molecule has 0 spiro atoms. The predicted octanol–water partition coefficient (Wildman–Crippen LogP) is 2.95. The van der Waals surface area contributed by atoms with Gasteiger partial charge in [-0.1, -0.05) is 19.6 Å². The molecule has 0 saturated carbocycles. The maximum absolute atomic E-state index is 11.9. The summed E-state index contributed by atoms with van der Waals surface area (Å²) in [5, 5.41) is 11.8. The van der Waals surface area contributed by atoms with Crippen LogP contribution in [0.1, 0.15) is 26.5 Å². The molecule has 8 heteroatoms. The van der Waals surface area contributed by atoms with Gasteiger partial charge in [-0.25, -0.2) is 9.78 Å². The monoisotopic (exact) mass is 338 g/mol. The van der Waals surface area contributed by atoms with Crippen LogP contribution in [0.4, 0.5) is 4.79 Å². The second-order valence-corrected chi connectivity index (χ2v) is 13.2. The first-order valence-electron chi connectivity index (χ1n) is 7.55. The highest BCUT2D eigenvalue weighted by Gasteiger charge is 2.20. The number of hydrogen-bond acceptors (Lipinski definition) is 5. The predicted molar refractivity (Wildman–Crippen MR) is 90.0 cm³/mol. The largest absolute Gasteiger partial charge is 0.414 e. The van der Waals surface area contributed by atoms with E-state index in [4.69, 9.17) is 14.7 Å². The highest BCUT2D eigenvalue weighted by Crippen LogP contribution is 2.18. The standard InChI is InChI=1S/C15H26N4O3Si/c1-15(2,3)18-14(20)22-13-12(9-16)17-10-19(13)11-21-7-8-23(4,5)6/h10H,7-8,11H2,1-6H3,(H,18,20). The number of hydrogen-bond donors (Lipinski definition) is 1. The molecule has 0 aliphatic heterocycles. The third-order valence-electron chi connectivity index (χ3n) is 2.79. The maximum Gasteiger partial charge on any atom is 0.414 e. The Labute approximate surface area is 138 Å². The molecule has 0 fully saturated rings. The number of rotatable bonds is 6. The van der Waals surface area contributed by atoms with Crippen molar-refractivity contribution in [2.24, 2.45) is 0 Å². The molecule has 1 rings (SSSR count). The Hall–Kier alpha value is -1.85. The molecular formula is C15H26N4O3Si. The van der Waals surface area contributed by atoms with Crippen molar-refractivity contribution < 1.29 is 14.3 Å². The first kappa shape index (κ1) is 19.2. The number of nitrogens with zero attached hydrogens (tertiary/aromatic N) is 3. The molecule has 1 amide bonds. The molecule has 1 aromatic heterocycles. The normalized spacial score (nSPS) is 11.9. The number of nitriles is 1. The lowest BCUT2D eigenvalue weighted by Crippen LogP contribution is -2.42. The SMILES string of the molecule is CC(C)(C)NC(=O)Oc1c(C#N)ncn1COCC[Si](C)(C)C. The number of aromatic nitrogens is 2. The zero-order chi connectivity index (χ0) is 17.7.